The molecule has 0 amide bonds. The summed E-state index contributed by atoms with van der Waals surface area (Å²) >= 11 is 18.4. The van der Waals surface area contributed by atoms with Gasteiger partial charge in [0, 0.05) is 21.2 Å². The number of hydrogen-bond acceptors (Lipinski definition) is 1. The second kappa shape index (κ2) is 4.80. The first-order valence-corrected chi connectivity index (χ1v) is 6.14. The van der Waals surface area contributed by atoms with Gasteiger partial charge in [-0.25, -0.2) is 4.98 Å². The maximum Gasteiger partial charge on any atom is 0.134 e. The standard InChI is InChI=1S/C7H5Br2Cl2N/c8-2-4-1-6(10)5(3-9)7(11)12-4/h1H,2-3H2. The summed E-state index contributed by atoms with van der Waals surface area (Å²) < 4.78 is 0. The molecule has 0 aromatic carbocycles. The quantitative estimate of drug-likeness (QED) is 0.584. The van der Waals surface area contributed by atoms with Crippen molar-refractivity contribution in [2.75, 3.05) is 0 Å². The molecule has 1 aromatic rings. The summed E-state index contributed by atoms with van der Waals surface area (Å²) in [5, 5.41) is 2.41. The highest BCUT2D eigenvalue weighted by atomic mass is 79.9. The van der Waals surface area contributed by atoms with E-state index in [4.69, 9.17) is 23.2 Å². The van der Waals surface area contributed by atoms with E-state index in [0.717, 1.165) is 11.3 Å². The molecule has 0 aliphatic carbocycles. The lowest BCUT2D eigenvalue weighted by molar-refractivity contribution is 1.15. The van der Waals surface area contributed by atoms with Crippen LogP contribution in [0, 0.1) is 0 Å². The fourth-order valence-electron chi connectivity index (χ4n) is 0.745. The number of halogens is 4. The maximum absolute atomic E-state index is 5.94. The lowest BCUT2D eigenvalue weighted by Gasteiger charge is -2.04. The molecule has 1 rings (SSSR count). The van der Waals surface area contributed by atoms with Crippen molar-refractivity contribution in [2.24, 2.45) is 0 Å². The number of hydrogen-bond donors (Lipinski definition) is 0. The van der Waals surface area contributed by atoms with Gasteiger partial charge >= 0.3 is 0 Å². The zero-order chi connectivity index (χ0) is 9.14. The zero-order valence-corrected chi connectivity index (χ0v) is 10.6. The molecular formula is C7H5Br2Cl2N. The molecular weight excluding hydrogens is 329 g/mol. The minimum Gasteiger partial charge on any atom is -0.240 e. The van der Waals surface area contributed by atoms with Crippen LogP contribution in [0.4, 0.5) is 0 Å². The Hall–Kier alpha value is 0.690. The maximum atomic E-state index is 5.94. The van der Waals surface area contributed by atoms with Crippen molar-refractivity contribution < 1.29 is 0 Å². The molecule has 0 radical (unpaired) electrons. The first-order valence-electron chi connectivity index (χ1n) is 3.14. The van der Waals surface area contributed by atoms with Crippen molar-refractivity contribution in [3.8, 4) is 0 Å². The van der Waals surface area contributed by atoms with E-state index in [1.165, 1.54) is 0 Å². The van der Waals surface area contributed by atoms with Gasteiger partial charge in [0.1, 0.15) is 5.15 Å². The van der Waals surface area contributed by atoms with E-state index < -0.39 is 0 Å². The Balaban J connectivity index is 3.18. The van der Waals surface area contributed by atoms with Gasteiger partial charge in [-0.1, -0.05) is 55.1 Å². The highest BCUT2D eigenvalue weighted by Crippen LogP contribution is 2.26. The van der Waals surface area contributed by atoms with Crippen molar-refractivity contribution >= 4 is 55.1 Å². The van der Waals surface area contributed by atoms with Gasteiger partial charge in [0.15, 0.2) is 0 Å². The summed E-state index contributed by atoms with van der Waals surface area (Å²) in [6.07, 6.45) is 0. The summed E-state index contributed by atoms with van der Waals surface area (Å²) in [6.45, 7) is 0. The molecule has 0 N–H and O–H groups in total. The van der Waals surface area contributed by atoms with E-state index in [0.29, 0.717) is 20.8 Å². The van der Waals surface area contributed by atoms with Gasteiger partial charge in [0.25, 0.3) is 0 Å². The van der Waals surface area contributed by atoms with Crippen LogP contribution < -0.4 is 0 Å². The normalized spacial score (nSPS) is 10.3. The molecule has 0 unspecified atom stereocenters. The third-order valence-electron chi connectivity index (χ3n) is 1.34. The Kier molecular flexibility index (Phi) is 4.30. The second-order valence-electron chi connectivity index (χ2n) is 2.13. The van der Waals surface area contributed by atoms with E-state index in [-0.39, 0.29) is 0 Å². The topological polar surface area (TPSA) is 12.9 Å². The third kappa shape index (κ3) is 2.34. The summed E-state index contributed by atoms with van der Waals surface area (Å²) in [4.78, 5) is 4.13. The molecule has 0 bridgehead atoms. The molecule has 0 aliphatic rings. The van der Waals surface area contributed by atoms with E-state index in [1.807, 2.05) is 0 Å². The Labute approximate surface area is 97.7 Å². The third-order valence-corrected chi connectivity index (χ3v) is 3.13. The smallest absolute Gasteiger partial charge is 0.134 e. The van der Waals surface area contributed by atoms with Crippen molar-refractivity contribution in [1.82, 2.24) is 4.98 Å². The highest BCUT2D eigenvalue weighted by Gasteiger charge is 2.07. The largest absolute Gasteiger partial charge is 0.240 e. The Morgan fingerprint density at radius 1 is 1.25 bits per heavy atom. The monoisotopic (exact) mass is 331 g/mol. The molecule has 5 heteroatoms. The molecule has 1 nitrogen and oxygen atoms in total. The highest BCUT2D eigenvalue weighted by molar-refractivity contribution is 9.08. The van der Waals surface area contributed by atoms with Gasteiger partial charge in [0.2, 0.25) is 0 Å². The number of rotatable bonds is 2. The van der Waals surface area contributed by atoms with Crippen LogP contribution in [0.2, 0.25) is 10.2 Å². The van der Waals surface area contributed by atoms with Crippen molar-refractivity contribution in [3.63, 3.8) is 0 Å². The molecule has 0 atom stereocenters. The van der Waals surface area contributed by atoms with Gasteiger partial charge in [-0.2, -0.15) is 0 Å². The average molecular weight is 334 g/mol. The lowest BCUT2D eigenvalue weighted by atomic mass is 10.3. The van der Waals surface area contributed by atoms with E-state index in [1.54, 1.807) is 6.07 Å². The van der Waals surface area contributed by atoms with E-state index >= 15 is 0 Å². The summed E-state index contributed by atoms with van der Waals surface area (Å²) in [5.74, 6) is 0. The molecule has 0 spiro atoms. The van der Waals surface area contributed by atoms with Crippen LogP contribution in [-0.2, 0) is 10.7 Å². The van der Waals surface area contributed by atoms with Crippen molar-refractivity contribution in [1.29, 1.82) is 0 Å². The van der Waals surface area contributed by atoms with Crippen LogP contribution in [0.3, 0.4) is 0 Å². The van der Waals surface area contributed by atoms with Gasteiger partial charge in [0.05, 0.1) is 5.69 Å². The fourth-order valence-corrected chi connectivity index (χ4v) is 2.53. The molecule has 12 heavy (non-hydrogen) atoms. The van der Waals surface area contributed by atoms with Crippen molar-refractivity contribution in [3.05, 3.63) is 27.5 Å². The Morgan fingerprint density at radius 2 is 1.92 bits per heavy atom. The van der Waals surface area contributed by atoms with Crippen LogP contribution in [0.1, 0.15) is 11.3 Å². The van der Waals surface area contributed by atoms with Crippen molar-refractivity contribution in [2.45, 2.75) is 10.7 Å². The second-order valence-corrected chi connectivity index (χ2v) is 4.02. The van der Waals surface area contributed by atoms with Crippen LogP contribution in [0.5, 0.6) is 0 Å². The number of pyridine rings is 1. The number of nitrogens with zero attached hydrogens (tertiary/aromatic N) is 1. The molecule has 0 aliphatic heterocycles. The van der Waals surface area contributed by atoms with Gasteiger partial charge in [-0.3, -0.25) is 0 Å². The first kappa shape index (κ1) is 10.8. The summed E-state index contributed by atoms with van der Waals surface area (Å²) in [6, 6.07) is 1.80. The van der Waals surface area contributed by atoms with Crippen LogP contribution >= 0.6 is 55.1 Å². The fraction of sp³-hybridized carbons (Fsp3) is 0.286. The average Bonchev–Trinajstić information content (AvgIpc) is 2.03. The first-order chi connectivity index (χ1) is 5.69. The minimum absolute atomic E-state index is 0.467. The summed E-state index contributed by atoms with van der Waals surface area (Å²) in [7, 11) is 0. The molecule has 66 valence electrons. The molecule has 0 saturated heterocycles. The van der Waals surface area contributed by atoms with Gasteiger partial charge in [-0.05, 0) is 6.07 Å². The van der Waals surface area contributed by atoms with Gasteiger partial charge < -0.3 is 0 Å². The minimum atomic E-state index is 0.467. The zero-order valence-electron chi connectivity index (χ0n) is 5.95. The lowest BCUT2D eigenvalue weighted by Crippen LogP contribution is -1.91. The molecule has 0 saturated carbocycles. The van der Waals surface area contributed by atoms with Gasteiger partial charge in [-0.15, -0.1) is 0 Å². The predicted octanol–water partition coefficient (Wildman–Crippen LogP) is 4.18. The Bertz CT molecular complexity index is 268. The van der Waals surface area contributed by atoms with Crippen LogP contribution in [-0.4, -0.2) is 4.98 Å². The SMILES string of the molecule is Clc1cc(CBr)nc(Cl)c1CBr. The molecule has 1 heterocycles. The summed E-state index contributed by atoms with van der Waals surface area (Å²) in [5.41, 5.74) is 1.68. The van der Waals surface area contributed by atoms with E-state index in [9.17, 15) is 0 Å². The molecule has 0 fully saturated rings. The Morgan fingerprint density at radius 3 is 2.33 bits per heavy atom. The van der Waals surface area contributed by atoms with Crippen LogP contribution in [0.15, 0.2) is 6.07 Å². The molecule has 1 aromatic heterocycles. The van der Waals surface area contributed by atoms with E-state index in [2.05, 4.69) is 36.8 Å². The predicted molar refractivity (Wildman–Crippen MR) is 59.5 cm³/mol. The van der Waals surface area contributed by atoms with Crippen LogP contribution in [0.25, 0.3) is 0 Å². The number of aromatic nitrogens is 1. The number of alkyl halides is 2.